The minimum absolute atomic E-state index is 0. The van der Waals surface area contributed by atoms with Gasteiger partial charge in [-0.3, -0.25) is 19.2 Å². The minimum Gasteiger partial charge on any atom is -0.466 e. The fourth-order valence-electron chi connectivity index (χ4n) is 4.94. The molecule has 0 spiro atoms. The lowest BCUT2D eigenvalue weighted by Gasteiger charge is -2.28. The summed E-state index contributed by atoms with van der Waals surface area (Å²) < 4.78 is 10.7. The van der Waals surface area contributed by atoms with Crippen molar-refractivity contribution in [2.45, 2.75) is 129 Å². The molecule has 0 aliphatic carbocycles. The summed E-state index contributed by atoms with van der Waals surface area (Å²) in [4.78, 5) is 54.6. The van der Waals surface area contributed by atoms with E-state index in [4.69, 9.17) is 32.4 Å². The van der Waals surface area contributed by atoms with Crippen LogP contribution in [-0.4, -0.2) is 98.1 Å². The molecule has 0 saturated carbocycles. The summed E-state index contributed by atoms with van der Waals surface area (Å²) in [6.07, 6.45) is 18.8. The van der Waals surface area contributed by atoms with Gasteiger partial charge in [-0.1, -0.05) is 51.0 Å². The van der Waals surface area contributed by atoms with Crippen LogP contribution in [0, 0.1) is 0 Å². The molecule has 0 unspecified atom stereocenters. The van der Waals surface area contributed by atoms with Gasteiger partial charge in [0.1, 0.15) is 0 Å². The van der Waals surface area contributed by atoms with Crippen molar-refractivity contribution in [3.05, 3.63) is 24.3 Å². The fourth-order valence-corrected chi connectivity index (χ4v) is 4.94. The third-order valence-corrected chi connectivity index (χ3v) is 7.84. The van der Waals surface area contributed by atoms with Gasteiger partial charge in [0.15, 0.2) is 0 Å². The first-order valence-corrected chi connectivity index (χ1v) is 18.3. The molecule has 0 aromatic heterocycles. The normalized spacial score (nSPS) is 11.7. The van der Waals surface area contributed by atoms with E-state index in [1.807, 2.05) is 0 Å². The van der Waals surface area contributed by atoms with Gasteiger partial charge in [0.25, 0.3) is 0 Å². The number of ether oxygens (including phenoxy) is 2. The van der Waals surface area contributed by atoms with Gasteiger partial charge >= 0.3 is 11.9 Å². The monoisotopic (exact) mass is 824 g/mol. The molecule has 52 heavy (non-hydrogen) atoms. The van der Waals surface area contributed by atoms with Crippen LogP contribution in [0.2, 0.25) is 0 Å². The Labute approximate surface area is 338 Å². The average Bonchev–Trinajstić information content (AvgIpc) is 3.08. The highest BCUT2D eigenvalue weighted by atomic mass is 35.5. The first-order chi connectivity index (χ1) is 23.2. The SMILES string of the molecule is CC/C=C\CCCOC(=O)CCN(CCCCN(CCC(=O)OCCC/C=C\CC)C(=O)[C@H](N)CCCCN)C(=O)[C@H](N)CCCCN.Cl.Cl.Cl.Cl. The highest BCUT2D eigenvalue weighted by molar-refractivity contribution is 5.86. The molecule has 0 fully saturated rings. The second-order valence-corrected chi connectivity index (χ2v) is 12.1. The zero-order valence-corrected chi connectivity index (χ0v) is 35.0. The van der Waals surface area contributed by atoms with E-state index in [1.54, 1.807) is 9.80 Å². The van der Waals surface area contributed by atoms with Crippen molar-refractivity contribution < 1.29 is 28.7 Å². The van der Waals surface area contributed by atoms with Crippen molar-refractivity contribution in [2.24, 2.45) is 22.9 Å². The number of hydrogen-bond acceptors (Lipinski definition) is 10. The molecule has 16 heteroatoms. The van der Waals surface area contributed by atoms with E-state index in [9.17, 15) is 19.2 Å². The Kier molecular flexibility index (Phi) is 48.3. The predicted octanol–water partition coefficient (Wildman–Crippen LogP) is 5.38. The first kappa shape index (κ1) is 59.6. The van der Waals surface area contributed by atoms with Crippen molar-refractivity contribution in [3.8, 4) is 0 Å². The number of amides is 2. The molecule has 310 valence electrons. The number of hydrogen-bond donors (Lipinski definition) is 4. The maximum Gasteiger partial charge on any atom is 0.307 e. The Morgan fingerprint density at radius 3 is 1.23 bits per heavy atom. The summed E-state index contributed by atoms with van der Waals surface area (Å²) in [5.41, 5.74) is 23.7. The van der Waals surface area contributed by atoms with Crippen molar-refractivity contribution in [2.75, 3.05) is 52.5 Å². The first-order valence-electron chi connectivity index (χ1n) is 18.3. The van der Waals surface area contributed by atoms with Gasteiger partial charge in [-0.15, -0.1) is 49.6 Å². The third kappa shape index (κ3) is 33.0. The summed E-state index contributed by atoms with van der Waals surface area (Å²) in [5.74, 6) is -1.14. The highest BCUT2D eigenvalue weighted by Gasteiger charge is 2.24. The lowest BCUT2D eigenvalue weighted by atomic mass is 10.1. The van der Waals surface area contributed by atoms with Crippen molar-refractivity contribution in [3.63, 3.8) is 0 Å². The van der Waals surface area contributed by atoms with Crippen LogP contribution >= 0.6 is 49.6 Å². The van der Waals surface area contributed by atoms with Gasteiger partial charge in [-0.05, 0) is 90.1 Å². The molecule has 0 saturated heterocycles. The molecule has 8 N–H and O–H groups in total. The highest BCUT2D eigenvalue weighted by Crippen LogP contribution is 2.10. The van der Waals surface area contributed by atoms with E-state index < -0.39 is 12.1 Å². The van der Waals surface area contributed by atoms with Gasteiger partial charge in [0, 0.05) is 26.2 Å². The van der Waals surface area contributed by atoms with Gasteiger partial charge in [0.05, 0.1) is 38.1 Å². The summed E-state index contributed by atoms with van der Waals surface area (Å²) in [5, 5.41) is 0. The van der Waals surface area contributed by atoms with E-state index in [1.165, 1.54) is 0 Å². The number of allylic oxidation sites excluding steroid dienone is 4. The van der Waals surface area contributed by atoms with Crippen LogP contribution < -0.4 is 22.9 Å². The minimum atomic E-state index is -0.684. The van der Waals surface area contributed by atoms with Crippen LogP contribution in [-0.2, 0) is 28.7 Å². The van der Waals surface area contributed by atoms with E-state index >= 15 is 0 Å². The van der Waals surface area contributed by atoms with Gasteiger partial charge in [0.2, 0.25) is 11.8 Å². The summed E-state index contributed by atoms with van der Waals surface area (Å²) in [6.45, 7) is 7.02. The molecule has 0 aromatic rings. The van der Waals surface area contributed by atoms with Crippen LogP contribution in [0.4, 0.5) is 0 Å². The smallest absolute Gasteiger partial charge is 0.307 e. The number of unbranched alkanes of at least 4 members (excludes halogenated alkanes) is 5. The van der Waals surface area contributed by atoms with Crippen LogP contribution in [0.3, 0.4) is 0 Å². The fraction of sp³-hybridized carbons (Fsp3) is 0.778. The Hall–Kier alpha value is -1.64. The summed E-state index contributed by atoms with van der Waals surface area (Å²) in [7, 11) is 0. The Morgan fingerprint density at radius 2 is 0.904 bits per heavy atom. The van der Waals surface area contributed by atoms with Gasteiger partial charge < -0.3 is 42.2 Å². The van der Waals surface area contributed by atoms with Crippen LogP contribution in [0.5, 0.6) is 0 Å². The lowest BCUT2D eigenvalue weighted by molar-refractivity contribution is -0.146. The molecule has 0 rings (SSSR count). The second kappa shape index (κ2) is 42.1. The number of esters is 2. The predicted molar refractivity (Wildman–Crippen MR) is 222 cm³/mol. The van der Waals surface area contributed by atoms with Gasteiger partial charge in [-0.25, -0.2) is 0 Å². The summed E-state index contributed by atoms with van der Waals surface area (Å²) in [6, 6.07) is -1.37. The molecule has 0 aliphatic heterocycles. The maximum atomic E-state index is 13.3. The van der Waals surface area contributed by atoms with Crippen molar-refractivity contribution >= 4 is 73.4 Å². The quantitative estimate of drug-likeness (QED) is 0.0400. The second-order valence-electron chi connectivity index (χ2n) is 12.1. The number of rotatable bonds is 31. The van der Waals surface area contributed by atoms with Crippen LogP contribution in [0.25, 0.3) is 0 Å². The standard InChI is InChI=1S/C36H68N6O6.4ClH/c1-3-5-7-9-17-29-47-33(43)21-27-41(35(45)31(39)19-11-13-23-37)25-15-16-26-42(36(46)32(40)20-12-14-24-38)28-22-34(44)48-30-18-10-8-6-4-2;;;;/h5-8,31-32H,3-4,9-30,37-40H2,1-2H3;4*1H/b7-5-,8-6-;;;;/t31-,32-;;;;/m1..../s1. The molecule has 0 aromatic carbocycles. The molecular formula is C36H72Cl4N6O6. The number of nitrogens with two attached hydrogens (primary N) is 4. The molecule has 0 radical (unpaired) electrons. The van der Waals surface area contributed by atoms with Gasteiger partial charge in [-0.2, -0.15) is 0 Å². The molecule has 12 nitrogen and oxygen atoms in total. The zero-order valence-electron chi connectivity index (χ0n) is 31.7. The molecular weight excluding hydrogens is 754 g/mol. The third-order valence-electron chi connectivity index (χ3n) is 7.84. The van der Waals surface area contributed by atoms with Crippen molar-refractivity contribution in [1.29, 1.82) is 0 Å². The molecule has 2 amide bonds. The lowest BCUT2D eigenvalue weighted by Crippen LogP contribution is -2.46. The number of carbonyl (C=O) groups excluding carboxylic acids is 4. The number of nitrogens with zero attached hydrogens (tertiary/aromatic N) is 2. The topological polar surface area (TPSA) is 197 Å². The number of carbonyl (C=O) groups is 4. The number of halogens is 4. The Morgan fingerprint density at radius 1 is 0.538 bits per heavy atom. The largest absolute Gasteiger partial charge is 0.466 e. The maximum absolute atomic E-state index is 13.3. The summed E-state index contributed by atoms with van der Waals surface area (Å²) >= 11 is 0. The average molecular weight is 827 g/mol. The zero-order chi connectivity index (χ0) is 35.8. The van der Waals surface area contributed by atoms with Crippen LogP contribution in [0.1, 0.15) is 117 Å². The Balaban J connectivity index is -0.00000184. The molecule has 0 aliphatic rings. The van der Waals surface area contributed by atoms with E-state index in [0.717, 1.165) is 64.2 Å². The van der Waals surface area contributed by atoms with Crippen LogP contribution in [0.15, 0.2) is 24.3 Å². The molecule has 0 bridgehead atoms. The molecule has 0 heterocycles. The Bertz CT molecular complexity index is 864. The van der Waals surface area contributed by atoms with E-state index in [0.29, 0.717) is 65.1 Å². The van der Waals surface area contributed by atoms with Crippen molar-refractivity contribution in [1.82, 2.24) is 9.80 Å². The molecule has 2 atom stereocenters. The van der Waals surface area contributed by atoms with E-state index in [2.05, 4.69) is 38.2 Å². The van der Waals surface area contributed by atoms with E-state index in [-0.39, 0.29) is 99.3 Å².